The highest BCUT2D eigenvalue weighted by molar-refractivity contribution is 6.06. The number of phenols is 1. The molecule has 0 saturated carbocycles. The number of nitrogens with zero attached hydrogens (tertiary/aromatic N) is 1. The molecule has 0 radical (unpaired) electrons. The Kier molecular flexibility index (Phi) is 4.99. The van der Waals surface area contributed by atoms with Crippen LogP contribution in [0.4, 0.5) is 5.69 Å². The second kappa shape index (κ2) is 7.03. The molecule has 29 heavy (non-hydrogen) atoms. The van der Waals surface area contributed by atoms with Crippen molar-refractivity contribution in [1.82, 2.24) is 9.97 Å². The van der Waals surface area contributed by atoms with Gasteiger partial charge < -0.3 is 15.4 Å². The Morgan fingerprint density at radius 2 is 1.72 bits per heavy atom. The first-order valence-corrected chi connectivity index (χ1v) is 9.54. The molecule has 0 bridgehead atoms. The quantitative estimate of drug-likeness (QED) is 0.598. The summed E-state index contributed by atoms with van der Waals surface area (Å²) < 4.78 is 0. The van der Waals surface area contributed by atoms with Crippen molar-refractivity contribution in [3.05, 3.63) is 63.7 Å². The molecule has 0 unspecified atom stereocenters. The van der Waals surface area contributed by atoms with E-state index in [0.29, 0.717) is 16.6 Å². The zero-order valence-corrected chi connectivity index (χ0v) is 17.7. The molecule has 0 aliphatic rings. The largest absolute Gasteiger partial charge is 0.508 e. The molecule has 0 saturated heterocycles. The van der Waals surface area contributed by atoms with Crippen LogP contribution in [0.1, 0.15) is 63.0 Å². The molecule has 3 N–H and O–H groups in total. The number of aromatic nitrogens is 2. The molecule has 3 rings (SSSR count). The van der Waals surface area contributed by atoms with Crippen LogP contribution in [0.5, 0.6) is 5.75 Å². The lowest BCUT2D eigenvalue weighted by Gasteiger charge is -2.28. The number of hydrogen-bond donors (Lipinski definition) is 3. The first-order valence-electron chi connectivity index (χ1n) is 9.54. The van der Waals surface area contributed by atoms with Gasteiger partial charge in [0.1, 0.15) is 11.3 Å². The summed E-state index contributed by atoms with van der Waals surface area (Å²) in [5.74, 6) is -0.419. The van der Waals surface area contributed by atoms with E-state index in [9.17, 15) is 14.7 Å². The minimum absolute atomic E-state index is 0.00273. The number of benzene rings is 1. The monoisotopic (exact) mass is 393 g/mol. The van der Waals surface area contributed by atoms with Gasteiger partial charge in [-0.25, -0.2) is 0 Å². The molecule has 0 atom stereocenters. The first kappa shape index (κ1) is 20.6. The molecule has 1 amide bonds. The third-order valence-corrected chi connectivity index (χ3v) is 4.93. The zero-order chi connectivity index (χ0) is 21.6. The van der Waals surface area contributed by atoms with E-state index in [0.717, 1.165) is 11.1 Å². The molecule has 0 fully saturated rings. The maximum absolute atomic E-state index is 12.9. The Morgan fingerprint density at radius 1 is 1.07 bits per heavy atom. The molecule has 0 aliphatic carbocycles. The van der Waals surface area contributed by atoms with Gasteiger partial charge in [0.2, 0.25) is 5.43 Å². The van der Waals surface area contributed by atoms with Gasteiger partial charge in [0.15, 0.2) is 0 Å². The number of phenolic OH excluding ortho intramolecular Hbond substituents is 1. The molecule has 0 spiro atoms. The van der Waals surface area contributed by atoms with Gasteiger partial charge in [0.05, 0.1) is 11.7 Å². The van der Waals surface area contributed by atoms with E-state index in [2.05, 4.69) is 15.3 Å². The van der Waals surface area contributed by atoms with Crippen LogP contribution in [0.2, 0.25) is 0 Å². The van der Waals surface area contributed by atoms with Crippen molar-refractivity contribution in [3.8, 4) is 5.75 Å². The Morgan fingerprint density at radius 3 is 2.34 bits per heavy atom. The van der Waals surface area contributed by atoms with E-state index in [1.165, 1.54) is 12.4 Å². The van der Waals surface area contributed by atoms with Crippen LogP contribution in [0.15, 0.2) is 41.6 Å². The molecule has 2 heterocycles. The molecule has 152 valence electrons. The van der Waals surface area contributed by atoms with Gasteiger partial charge in [-0.3, -0.25) is 14.6 Å². The summed E-state index contributed by atoms with van der Waals surface area (Å²) in [6.07, 6.45) is 4.45. The summed E-state index contributed by atoms with van der Waals surface area (Å²) in [5, 5.41) is 13.8. The van der Waals surface area contributed by atoms with Crippen LogP contribution in [0.25, 0.3) is 10.9 Å². The van der Waals surface area contributed by atoms with Gasteiger partial charge in [0, 0.05) is 29.5 Å². The average molecular weight is 393 g/mol. The van der Waals surface area contributed by atoms with Crippen molar-refractivity contribution in [2.45, 2.75) is 52.4 Å². The molecular weight excluding hydrogens is 366 g/mol. The minimum Gasteiger partial charge on any atom is -0.508 e. The number of aromatic amines is 1. The predicted molar refractivity (Wildman–Crippen MR) is 116 cm³/mol. The van der Waals surface area contributed by atoms with Crippen LogP contribution in [-0.4, -0.2) is 21.0 Å². The lowest BCUT2D eigenvalue weighted by molar-refractivity contribution is 0.102. The number of amides is 1. The normalized spacial score (nSPS) is 12.2. The fourth-order valence-corrected chi connectivity index (χ4v) is 3.34. The Hall–Kier alpha value is -3.15. The Balaban J connectivity index is 2.08. The number of hydrogen-bond acceptors (Lipinski definition) is 4. The molecule has 0 aliphatic heterocycles. The SMILES string of the molecule is CC(C)(C)c1cc(C(C)(C)C)c(NC(=O)c2c[nH]c3cnccc3c2=O)cc1O. The highest BCUT2D eigenvalue weighted by atomic mass is 16.3. The summed E-state index contributed by atoms with van der Waals surface area (Å²) >= 11 is 0. The number of anilines is 1. The van der Waals surface area contributed by atoms with E-state index < -0.39 is 5.91 Å². The third kappa shape index (κ3) is 4.01. The van der Waals surface area contributed by atoms with Crippen molar-refractivity contribution in [1.29, 1.82) is 0 Å². The smallest absolute Gasteiger partial charge is 0.261 e. The van der Waals surface area contributed by atoms with Crippen molar-refractivity contribution in [2.24, 2.45) is 0 Å². The topological polar surface area (TPSA) is 95.1 Å². The number of fused-ring (bicyclic) bond motifs is 1. The maximum atomic E-state index is 12.9. The van der Waals surface area contributed by atoms with Gasteiger partial charge >= 0.3 is 0 Å². The molecular formula is C23H27N3O3. The fraction of sp³-hybridized carbons (Fsp3) is 0.348. The van der Waals surface area contributed by atoms with Crippen LogP contribution >= 0.6 is 0 Å². The molecule has 1 aromatic carbocycles. The second-order valence-electron chi connectivity index (χ2n) is 9.32. The zero-order valence-electron chi connectivity index (χ0n) is 17.7. The predicted octanol–water partition coefficient (Wildman–Crippen LogP) is 4.48. The number of nitrogens with one attached hydrogen (secondary N) is 2. The second-order valence-corrected chi connectivity index (χ2v) is 9.32. The van der Waals surface area contributed by atoms with Crippen molar-refractivity contribution in [2.75, 3.05) is 5.32 Å². The van der Waals surface area contributed by atoms with Crippen molar-refractivity contribution >= 4 is 22.5 Å². The van der Waals surface area contributed by atoms with Crippen LogP contribution in [0.3, 0.4) is 0 Å². The molecule has 3 aromatic rings. The molecule has 6 heteroatoms. The minimum atomic E-state index is -0.529. The molecule has 2 aromatic heterocycles. The van der Waals surface area contributed by atoms with Crippen LogP contribution in [0, 0.1) is 0 Å². The summed E-state index contributed by atoms with van der Waals surface area (Å²) in [4.78, 5) is 32.6. The summed E-state index contributed by atoms with van der Waals surface area (Å²) in [7, 11) is 0. The van der Waals surface area contributed by atoms with Gasteiger partial charge in [-0.15, -0.1) is 0 Å². The number of H-pyrrole nitrogens is 1. The standard InChI is InChI=1S/C23H27N3O3/c1-22(2,3)15-9-16(23(4,5)6)19(27)10-17(15)26-21(29)14-11-25-18-12-24-8-7-13(18)20(14)28/h7-12,27H,1-6H3,(H,25,28)(H,26,29). The van der Waals surface area contributed by atoms with E-state index in [1.54, 1.807) is 18.3 Å². The lowest BCUT2D eigenvalue weighted by atomic mass is 9.79. The van der Waals surface area contributed by atoms with Crippen molar-refractivity contribution in [3.63, 3.8) is 0 Å². The lowest BCUT2D eigenvalue weighted by Crippen LogP contribution is -2.25. The van der Waals surface area contributed by atoms with Gasteiger partial charge in [-0.2, -0.15) is 0 Å². The van der Waals surface area contributed by atoms with E-state index in [1.807, 2.05) is 47.6 Å². The van der Waals surface area contributed by atoms with Crippen LogP contribution in [-0.2, 0) is 10.8 Å². The number of carbonyl (C=O) groups excluding carboxylic acids is 1. The fourth-order valence-electron chi connectivity index (χ4n) is 3.34. The number of carbonyl (C=O) groups is 1. The van der Waals surface area contributed by atoms with E-state index in [4.69, 9.17) is 0 Å². The van der Waals surface area contributed by atoms with Gasteiger partial charge in [-0.1, -0.05) is 41.5 Å². The third-order valence-electron chi connectivity index (χ3n) is 4.93. The summed E-state index contributed by atoms with van der Waals surface area (Å²) in [6, 6.07) is 5.08. The summed E-state index contributed by atoms with van der Waals surface area (Å²) in [6.45, 7) is 12.2. The highest BCUT2D eigenvalue weighted by Gasteiger charge is 2.26. The maximum Gasteiger partial charge on any atom is 0.261 e. The van der Waals surface area contributed by atoms with E-state index >= 15 is 0 Å². The Labute approximate surface area is 170 Å². The van der Waals surface area contributed by atoms with Crippen molar-refractivity contribution < 1.29 is 9.90 Å². The van der Waals surface area contributed by atoms with Gasteiger partial charge in [-0.05, 0) is 34.1 Å². The first-order chi connectivity index (χ1) is 13.4. The van der Waals surface area contributed by atoms with Gasteiger partial charge in [0.25, 0.3) is 5.91 Å². The molecule has 6 nitrogen and oxygen atoms in total. The van der Waals surface area contributed by atoms with Crippen LogP contribution < -0.4 is 10.7 Å². The highest BCUT2D eigenvalue weighted by Crippen LogP contribution is 2.39. The van der Waals surface area contributed by atoms with E-state index in [-0.39, 0.29) is 27.6 Å². The number of pyridine rings is 2. The summed E-state index contributed by atoms with van der Waals surface area (Å²) in [5.41, 5.74) is 1.84. The average Bonchev–Trinajstić information content (AvgIpc) is 2.60. The Bertz CT molecular complexity index is 1150. The number of rotatable bonds is 2. The number of aromatic hydroxyl groups is 1.